The highest BCUT2D eigenvalue weighted by atomic mass is 35.5. The van der Waals surface area contributed by atoms with E-state index >= 15 is 0 Å². The molecule has 4 rings (SSSR count). The summed E-state index contributed by atoms with van der Waals surface area (Å²) >= 11 is 7.37. The van der Waals surface area contributed by atoms with Crippen LogP contribution in [-0.4, -0.2) is 36.3 Å². The van der Waals surface area contributed by atoms with Crippen LogP contribution in [-0.2, 0) is 13.0 Å². The first kappa shape index (κ1) is 19.2. The van der Waals surface area contributed by atoms with Crippen LogP contribution >= 0.6 is 23.4 Å². The normalized spacial score (nSPS) is 13.8. The molecule has 0 radical (unpaired) electrons. The molecule has 6 nitrogen and oxygen atoms in total. The number of hydrogen-bond donors (Lipinski definition) is 0. The highest BCUT2D eigenvalue weighted by Crippen LogP contribution is 2.36. The summed E-state index contributed by atoms with van der Waals surface area (Å²) in [5.41, 5.74) is 4.13. The lowest BCUT2D eigenvalue weighted by Crippen LogP contribution is -2.09. The number of thioether (sulfide) groups is 1. The minimum atomic E-state index is 0.112. The number of tetrazole rings is 1. The van der Waals surface area contributed by atoms with Gasteiger partial charge >= 0.3 is 0 Å². The number of ketones is 1. The van der Waals surface area contributed by atoms with Crippen molar-refractivity contribution in [2.75, 3.05) is 5.75 Å². The van der Waals surface area contributed by atoms with E-state index in [0.29, 0.717) is 11.8 Å². The predicted molar refractivity (Wildman–Crippen MR) is 110 cm³/mol. The molecule has 0 bridgehead atoms. The predicted octanol–water partition coefficient (Wildman–Crippen LogP) is 4.30. The molecular formula is C20H22ClN5OS. The van der Waals surface area contributed by atoms with E-state index in [0.717, 1.165) is 52.9 Å². The van der Waals surface area contributed by atoms with Gasteiger partial charge in [-0.3, -0.25) is 4.79 Å². The fourth-order valence-corrected chi connectivity index (χ4v) is 4.31. The zero-order chi connectivity index (χ0) is 19.7. The molecule has 0 saturated heterocycles. The number of aryl methyl sites for hydroxylation is 2. The molecule has 3 aromatic rings. The zero-order valence-electron chi connectivity index (χ0n) is 15.9. The SMILES string of the molecule is Cc1cc(C(=O)CSc2nnnn2C2CC2)c(C)n1CCc1ccc(Cl)cc1. The quantitative estimate of drug-likeness (QED) is 0.405. The van der Waals surface area contributed by atoms with Crippen LogP contribution in [0.25, 0.3) is 0 Å². The summed E-state index contributed by atoms with van der Waals surface area (Å²) in [5, 5.41) is 13.3. The third-order valence-corrected chi connectivity index (χ3v) is 6.28. The van der Waals surface area contributed by atoms with Crippen molar-refractivity contribution in [1.29, 1.82) is 0 Å². The second-order valence-corrected chi connectivity index (χ2v) is 8.54. The molecule has 2 heterocycles. The summed E-state index contributed by atoms with van der Waals surface area (Å²) in [4.78, 5) is 12.8. The van der Waals surface area contributed by atoms with Gasteiger partial charge in [0.1, 0.15) is 0 Å². The number of rotatable bonds is 8. The standard InChI is InChI=1S/C20H22ClN5OS/c1-13-11-18(14(2)25(13)10-9-15-3-5-16(21)6-4-15)19(27)12-28-20-22-23-24-26(20)17-7-8-17/h3-6,11,17H,7-10,12H2,1-2H3. The van der Waals surface area contributed by atoms with Gasteiger partial charge in [0.25, 0.3) is 0 Å². The molecule has 0 unspecified atom stereocenters. The molecule has 1 aromatic carbocycles. The summed E-state index contributed by atoms with van der Waals surface area (Å²) in [7, 11) is 0. The third-order valence-electron chi connectivity index (χ3n) is 5.10. The van der Waals surface area contributed by atoms with Crippen molar-refractivity contribution in [3.63, 3.8) is 0 Å². The minimum Gasteiger partial charge on any atom is -0.348 e. The molecule has 1 aliphatic rings. The van der Waals surface area contributed by atoms with Crippen LogP contribution in [0.3, 0.4) is 0 Å². The van der Waals surface area contributed by atoms with E-state index in [9.17, 15) is 4.79 Å². The van der Waals surface area contributed by atoms with E-state index in [2.05, 4.69) is 20.1 Å². The van der Waals surface area contributed by atoms with Crippen molar-refractivity contribution in [3.05, 3.63) is 57.9 Å². The van der Waals surface area contributed by atoms with Gasteiger partial charge in [-0.1, -0.05) is 35.5 Å². The van der Waals surface area contributed by atoms with Crippen molar-refractivity contribution in [3.8, 4) is 0 Å². The maximum Gasteiger partial charge on any atom is 0.210 e. The molecule has 0 spiro atoms. The minimum absolute atomic E-state index is 0.112. The number of hydrogen-bond acceptors (Lipinski definition) is 5. The molecule has 0 aliphatic heterocycles. The second-order valence-electron chi connectivity index (χ2n) is 7.16. The monoisotopic (exact) mass is 415 g/mol. The number of benzene rings is 1. The molecule has 0 atom stereocenters. The summed E-state index contributed by atoms with van der Waals surface area (Å²) in [6.45, 7) is 4.90. The summed E-state index contributed by atoms with van der Waals surface area (Å²) in [6.07, 6.45) is 3.12. The van der Waals surface area contributed by atoms with Crippen molar-refractivity contribution in [1.82, 2.24) is 24.8 Å². The molecule has 1 fully saturated rings. The average molecular weight is 416 g/mol. The smallest absolute Gasteiger partial charge is 0.210 e. The molecule has 0 N–H and O–H groups in total. The second kappa shape index (κ2) is 8.09. The Labute approximate surface area is 173 Å². The first-order chi connectivity index (χ1) is 13.5. The number of carbonyl (C=O) groups excluding carboxylic acids is 1. The Bertz CT molecular complexity index is 991. The molecular weight excluding hydrogens is 394 g/mol. The molecule has 1 aliphatic carbocycles. The fourth-order valence-electron chi connectivity index (χ4n) is 3.36. The van der Waals surface area contributed by atoms with E-state index in [4.69, 9.17) is 11.6 Å². The van der Waals surface area contributed by atoms with Gasteiger partial charge in [-0.2, -0.15) is 0 Å². The van der Waals surface area contributed by atoms with Crippen molar-refractivity contribution >= 4 is 29.1 Å². The van der Waals surface area contributed by atoms with Crippen molar-refractivity contribution in [2.24, 2.45) is 0 Å². The van der Waals surface area contributed by atoms with Gasteiger partial charge in [-0.25, -0.2) is 4.68 Å². The van der Waals surface area contributed by atoms with E-state index in [1.54, 1.807) is 0 Å². The molecule has 146 valence electrons. The zero-order valence-corrected chi connectivity index (χ0v) is 17.5. The van der Waals surface area contributed by atoms with Crippen LogP contribution in [0.15, 0.2) is 35.5 Å². The lowest BCUT2D eigenvalue weighted by Gasteiger charge is -2.10. The lowest BCUT2D eigenvalue weighted by atomic mass is 10.1. The number of Topliss-reactive ketones (excluding diaryl/α,β-unsaturated/α-hetero) is 1. The number of halogens is 1. The molecule has 8 heteroatoms. The van der Waals surface area contributed by atoms with Gasteiger partial charge in [0.05, 0.1) is 11.8 Å². The number of aromatic nitrogens is 5. The van der Waals surface area contributed by atoms with E-state index < -0.39 is 0 Å². The fraction of sp³-hybridized carbons (Fsp3) is 0.400. The molecule has 28 heavy (non-hydrogen) atoms. The van der Waals surface area contributed by atoms with Crippen molar-refractivity contribution < 1.29 is 4.79 Å². The van der Waals surface area contributed by atoms with Crippen molar-refractivity contribution in [2.45, 2.75) is 50.9 Å². The Morgan fingerprint density at radius 2 is 2.00 bits per heavy atom. The highest BCUT2D eigenvalue weighted by Gasteiger charge is 2.28. The first-order valence-corrected chi connectivity index (χ1v) is 10.7. The number of nitrogens with zero attached hydrogens (tertiary/aromatic N) is 5. The lowest BCUT2D eigenvalue weighted by molar-refractivity contribution is 0.102. The molecule has 1 saturated carbocycles. The van der Waals surface area contributed by atoms with Gasteiger partial charge in [-0.05, 0) is 67.3 Å². The summed E-state index contributed by atoms with van der Waals surface area (Å²) < 4.78 is 4.05. The van der Waals surface area contributed by atoms with Gasteiger partial charge in [0, 0.05) is 28.5 Å². The van der Waals surface area contributed by atoms with Crippen LogP contribution in [0.1, 0.15) is 46.2 Å². The molecule has 2 aromatic heterocycles. The van der Waals surface area contributed by atoms with E-state index in [1.165, 1.54) is 17.3 Å². The van der Waals surface area contributed by atoms with E-state index in [-0.39, 0.29) is 5.78 Å². The van der Waals surface area contributed by atoms with Crippen LogP contribution in [0.2, 0.25) is 5.02 Å². The van der Waals surface area contributed by atoms with Gasteiger partial charge in [0.2, 0.25) is 5.16 Å². The Balaban J connectivity index is 1.41. The largest absolute Gasteiger partial charge is 0.348 e. The topological polar surface area (TPSA) is 65.6 Å². The first-order valence-electron chi connectivity index (χ1n) is 9.38. The Morgan fingerprint density at radius 1 is 1.25 bits per heavy atom. The maximum atomic E-state index is 12.8. The van der Waals surface area contributed by atoms with Gasteiger partial charge in [0.15, 0.2) is 5.78 Å². The Kier molecular flexibility index (Phi) is 5.55. The third kappa shape index (κ3) is 4.15. The average Bonchev–Trinajstić information content (AvgIpc) is 3.35. The molecule has 0 amide bonds. The van der Waals surface area contributed by atoms with E-state index in [1.807, 2.05) is 48.9 Å². The van der Waals surface area contributed by atoms with Gasteiger partial charge < -0.3 is 4.57 Å². The highest BCUT2D eigenvalue weighted by molar-refractivity contribution is 7.99. The van der Waals surface area contributed by atoms with Crippen LogP contribution < -0.4 is 0 Å². The maximum absolute atomic E-state index is 12.8. The Hall–Kier alpha value is -2.12. The Morgan fingerprint density at radius 3 is 2.71 bits per heavy atom. The van der Waals surface area contributed by atoms with Crippen LogP contribution in [0.4, 0.5) is 0 Å². The van der Waals surface area contributed by atoms with Gasteiger partial charge in [-0.15, -0.1) is 5.10 Å². The van der Waals surface area contributed by atoms with Crippen LogP contribution in [0, 0.1) is 13.8 Å². The van der Waals surface area contributed by atoms with Crippen LogP contribution in [0.5, 0.6) is 0 Å². The summed E-state index contributed by atoms with van der Waals surface area (Å²) in [6, 6.07) is 10.3. The summed E-state index contributed by atoms with van der Waals surface area (Å²) in [5.74, 6) is 0.454. The number of carbonyl (C=O) groups is 1.